The molecule has 1 heterocycles. The van der Waals surface area contributed by atoms with E-state index in [4.69, 9.17) is 10.5 Å². The molecule has 1 aromatic carbocycles. The minimum atomic E-state index is -3.36. The van der Waals surface area contributed by atoms with Gasteiger partial charge in [-0.15, -0.1) is 0 Å². The van der Waals surface area contributed by atoms with Crippen LogP contribution in [0.15, 0.2) is 18.2 Å². The molecule has 0 amide bonds. The van der Waals surface area contributed by atoms with Crippen LogP contribution in [0.4, 0.5) is 11.4 Å². The molecule has 1 aliphatic rings. The molecule has 1 fully saturated rings. The summed E-state index contributed by atoms with van der Waals surface area (Å²) in [5, 5.41) is -0.382. The number of hydrogen-bond donors (Lipinski definition) is 2. The standard InChI is InChI=1S/C12H18N2O3S/c1-9-2-3-10(13)8-12(9)14-18(15,16)11-4-6-17-7-5-11/h2-3,8,11,14H,4-7,13H2,1H3. The van der Waals surface area contributed by atoms with Crippen molar-refractivity contribution in [1.82, 2.24) is 0 Å². The van der Waals surface area contributed by atoms with Crippen molar-refractivity contribution in [3.8, 4) is 0 Å². The van der Waals surface area contributed by atoms with Crippen LogP contribution in [0.25, 0.3) is 0 Å². The Kier molecular flexibility index (Phi) is 3.77. The lowest BCUT2D eigenvalue weighted by Crippen LogP contribution is -2.33. The van der Waals surface area contributed by atoms with Crippen LogP contribution in [0.2, 0.25) is 0 Å². The van der Waals surface area contributed by atoms with E-state index in [-0.39, 0.29) is 5.25 Å². The molecule has 0 aromatic heterocycles. The Labute approximate surface area is 107 Å². The fourth-order valence-corrected chi connectivity index (χ4v) is 3.48. The van der Waals surface area contributed by atoms with Gasteiger partial charge in [-0.3, -0.25) is 4.72 Å². The zero-order valence-electron chi connectivity index (χ0n) is 10.3. The maximum Gasteiger partial charge on any atom is 0.235 e. The Morgan fingerprint density at radius 1 is 1.33 bits per heavy atom. The van der Waals surface area contributed by atoms with E-state index in [1.807, 2.05) is 6.92 Å². The number of anilines is 2. The van der Waals surface area contributed by atoms with Crippen LogP contribution in [0.3, 0.4) is 0 Å². The lowest BCUT2D eigenvalue weighted by molar-refractivity contribution is 0.0984. The molecule has 1 saturated heterocycles. The highest BCUT2D eigenvalue weighted by Crippen LogP contribution is 2.23. The average Bonchev–Trinajstić information content (AvgIpc) is 2.35. The van der Waals surface area contributed by atoms with Crippen LogP contribution in [-0.2, 0) is 14.8 Å². The number of hydrogen-bond acceptors (Lipinski definition) is 4. The van der Waals surface area contributed by atoms with Crippen molar-refractivity contribution in [3.05, 3.63) is 23.8 Å². The number of nitrogens with two attached hydrogens (primary N) is 1. The molecule has 0 unspecified atom stereocenters. The van der Waals surface area contributed by atoms with Gasteiger partial charge in [0.25, 0.3) is 0 Å². The number of nitrogens with one attached hydrogen (secondary N) is 1. The average molecular weight is 270 g/mol. The Balaban J connectivity index is 2.18. The third-order valence-electron chi connectivity index (χ3n) is 3.12. The zero-order valence-corrected chi connectivity index (χ0v) is 11.2. The Morgan fingerprint density at radius 2 is 2.00 bits per heavy atom. The number of sulfonamides is 1. The molecule has 0 aliphatic carbocycles. The zero-order chi connectivity index (χ0) is 13.2. The van der Waals surface area contributed by atoms with E-state index >= 15 is 0 Å². The summed E-state index contributed by atoms with van der Waals surface area (Å²) in [5.41, 5.74) is 7.63. The molecular formula is C12H18N2O3S. The minimum Gasteiger partial charge on any atom is -0.399 e. The fraction of sp³-hybridized carbons (Fsp3) is 0.500. The van der Waals surface area contributed by atoms with Gasteiger partial charge in [-0.2, -0.15) is 0 Å². The summed E-state index contributed by atoms with van der Waals surface area (Å²) in [6, 6.07) is 5.20. The van der Waals surface area contributed by atoms with E-state index < -0.39 is 10.0 Å². The number of benzene rings is 1. The minimum absolute atomic E-state index is 0.382. The lowest BCUT2D eigenvalue weighted by atomic mass is 10.2. The third kappa shape index (κ3) is 2.94. The fourth-order valence-electron chi connectivity index (χ4n) is 1.97. The van der Waals surface area contributed by atoms with E-state index in [1.165, 1.54) is 0 Å². The summed E-state index contributed by atoms with van der Waals surface area (Å²) in [5.74, 6) is 0. The van der Waals surface area contributed by atoms with Crippen molar-refractivity contribution in [1.29, 1.82) is 0 Å². The van der Waals surface area contributed by atoms with E-state index in [0.29, 0.717) is 37.4 Å². The van der Waals surface area contributed by atoms with E-state index in [2.05, 4.69) is 4.72 Å². The Hall–Kier alpha value is -1.27. The maximum atomic E-state index is 12.2. The summed E-state index contributed by atoms with van der Waals surface area (Å²) in [7, 11) is -3.36. The molecule has 0 saturated carbocycles. The van der Waals surface area contributed by atoms with E-state index in [0.717, 1.165) is 5.56 Å². The number of rotatable bonds is 3. The van der Waals surface area contributed by atoms with E-state index in [1.54, 1.807) is 18.2 Å². The predicted octanol–water partition coefficient (Wildman–Crippen LogP) is 1.50. The number of ether oxygens (including phenoxy) is 1. The molecule has 1 aromatic rings. The second-order valence-corrected chi connectivity index (χ2v) is 6.49. The van der Waals surface area contributed by atoms with Gasteiger partial charge in [0.05, 0.1) is 10.9 Å². The molecule has 6 heteroatoms. The maximum absolute atomic E-state index is 12.2. The summed E-state index contributed by atoms with van der Waals surface area (Å²) in [4.78, 5) is 0. The van der Waals surface area contributed by atoms with Gasteiger partial charge in [0, 0.05) is 18.9 Å². The van der Waals surface area contributed by atoms with Crippen molar-refractivity contribution in [2.24, 2.45) is 0 Å². The van der Waals surface area contributed by atoms with Crippen LogP contribution in [0, 0.1) is 6.92 Å². The second-order valence-electron chi connectivity index (χ2n) is 4.53. The first-order valence-electron chi connectivity index (χ1n) is 5.94. The first kappa shape index (κ1) is 13.2. The molecule has 0 atom stereocenters. The van der Waals surface area contributed by atoms with Crippen molar-refractivity contribution < 1.29 is 13.2 Å². The number of aryl methyl sites for hydroxylation is 1. The molecule has 100 valence electrons. The summed E-state index contributed by atoms with van der Waals surface area (Å²) < 4.78 is 32.2. The highest BCUT2D eigenvalue weighted by atomic mass is 32.2. The summed E-state index contributed by atoms with van der Waals surface area (Å²) >= 11 is 0. The Morgan fingerprint density at radius 3 is 2.67 bits per heavy atom. The predicted molar refractivity (Wildman–Crippen MR) is 72.0 cm³/mol. The molecule has 0 bridgehead atoms. The molecular weight excluding hydrogens is 252 g/mol. The molecule has 18 heavy (non-hydrogen) atoms. The van der Waals surface area contributed by atoms with Crippen molar-refractivity contribution in [3.63, 3.8) is 0 Å². The molecule has 0 radical (unpaired) electrons. The van der Waals surface area contributed by atoms with E-state index in [9.17, 15) is 8.42 Å². The molecule has 2 rings (SSSR count). The van der Waals surface area contributed by atoms with Crippen molar-refractivity contribution in [2.75, 3.05) is 23.7 Å². The third-order valence-corrected chi connectivity index (χ3v) is 4.97. The van der Waals surface area contributed by atoms with Gasteiger partial charge in [0.2, 0.25) is 10.0 Å². The van der Waals surface area contributed by atoms with Gasteiger partial charge in [-0.1, -0.05) is 6.07 Å². The molecule has 3 N–H and O–H groups in total. The van der Waals surface area contributed by atoms with Crippen LogP contribution < -0.4 is 10.5 Å². The van der Waals surface area contributed by atoms with Gasteiger partial charge in [0.1, 0.15) is 0 Å². The SMILES string of the molecule is Cc1ccc(N)cc1NS(=O)(=O)C1CCOCC1. The van der Waals surface area contributed by atoms with Crippen LogP contribution in [-0.4, -0.2) is 26.9 Å². The van der Waals surface area contributed by atoms with Gasteiger partial charge >= 0.3 is 0 Å². The first-order chi connectivity index (χ1) is 8.49. The van der Waals surface area contributed by atoms with Gasteiger partial charge in [-0.25, -0.2) is 8.42 Å². The lowest BCUT2D eigenvalue weighted by Gasteiger charge is -2.23. The smallest absolute Gasteiger partial charge is 0.235 e. The normalized spacial score (nSPS) is 17.6. The van der Waals surface area contributed by atoms with Gasteiger partial charge < -0.3 is 10.5 Å². The molecule has 1 aliphatic heterocycles. The molecule has 0 spiro atoms. The highest BCUT2D eigenvalue weighted by molar-refractivity contribution is 7.93. The monoisotopic (exact) mass is 270 g/mol. The quantitative estimate of drug-likeness (QED) is 0.815. The number of nitrogen functional groups attached to an aromatic ring is 1. The largest absolute Gasteiger partial charge is 0.399 e. The van der Waals surface area contributed by atoms with Crippen LogP contribution in [0.5, 0.6) is 0 Å². The second kappa shape index (κ2) is 5.16. The summed E-state index contributed by atoms with van der Waals surface area (Å²) in [6.45, 7) is 2.85. The van der Waals surface area contributed by atoms with Crippen LogP contribution >= 0.6 is 0 Å². The van der Waals surface area contributed by atoms with Gasteiger partial charge in [-0.05, 0) is 37.5 Å². The summed E-state index contributed by atoms with van der Waals surface area (Å²) in [6.07, 6.45) is 1.08. The highest BCUT2D eigenvalue weighted by Gasteiger charge is 2.27. The topological polar surface area (TPSA) is 81.4 Å². The van der Waals surface area contributed by atoms with Gasteiger partial charge in [0.15, 0.2) is 0 Å². The van der Waals surface area contributed by atoms with Crippen LogP contribution in [0.1, 0.15) is 18.4 Å². The first-order valence-corrected chi connectivity index (χ1v) is 7.49. The molecule has 5 nitrogen and oxygen atoms in total. The van der Waals surface area contributed by atoms with Crippen molar-refractivity contribution >= 4 is 21.4 Å². The Bertz CT molecular complexity index is 522. The van der Waals surface area contributed by atoms with Crippen molar-refractivity contribution in [2.45, 2.75) is 25.0 Å².